The van der Waals surface area contributed by atoms with Crippen molar-refractivity contribution in [2.24, 2.45) is 0 Å². The average Bonchev–Trinajstić information content (AvgIpc) is 2.26. The van der Waals surface area contributed by atoms with Crippen LogP contribution in [-0.2, 0) is 0 Å². The molecule has 0 saturated heterocycles. The van der Waals surface area contributed by atoms with E-state index in [1.807, 2.05) is 13.8 Å². The molecule has 5 heteroatoms. The molecule has 0 aliphatic rings. The molecule has 5 nitrogen and oxygen atoms in total. The molecule has 3 N–H and O–H groups in total. The van der Waals surface area contributed by atoms with Gasteiger partial charge >= 0.3 is 12.0 Å². The molecule has 0 heterocycles. The first-order valence-electron chi connectivity index (χ1n) is 6.68. The fourth-order valence-electron chi connectivity index (χ4n) is 2.14. The van der Waals surface area contributed by atoms with Gasteiger partial charge in [-0.15, -0.1) is 0 Å². The second kappa shape index (κ2) is 6.41. The summed E-state index contributed by atoms with van der Waals surface area (Å²) in [6.07, 6.45) is 1.87. The lowest BCUT2D eigenvalue weighted by Crippen LogP contribution is -2.45. The molecule has 0 radical (unpaired) electrons. The molecule has 0 fully saturated rings. The highest BCUT2D eigenvalue weighted by Gasteiger charge is 2.19. The Hall–Kier alpha value is -2.04. The fraction of sp³-hybridized carbons (Fsp3) is 0.467. The van der Waals surface area contributed by atoms with Crippen molar-refractivity contribution >= 4 is 17.7 Å². The number of hydrogen-bond acceptors (Lipinski definition) is 2. The quantitative estimate of drug-likeness (QED) is 0.772. The van der Waals surface area contributed by atoms with Crippen LogP contribution in [0.3, 0.4) is 0 Å². The zero-order chi connectivity index (χ0) is 15.3. The van der Waals surface area contributed by atoms with E-state index in [1.165, 1.54) is 6.07 Å². The molecular formula is C15H22N2O3. The molecule has 2 amide bonds. The number of carboxylic acid groups (broad SMARTS) is 1. The molecule has 1 rings (SSSR count). The number of rotatable bonds is 5. The van der Waals surface area contributed by atoms with Crippen molar-refractivity contribution in [3.05, 3.63) is 29.3 Å². The average molecular weight is 278 g/mol. The molecular weight excluding hydrogens is 256 g/mol. The maximum Gasteiger partial charge on any atom is 0.335 e. The summed E-state index contributed by atoms with van der Waals surface area (Å²) < 4.78 is 0. The minimum Gasteiger partial charge on any atom is -0.478 e. The monoisotopic (exact) mass is 278 g/mol. The highest BCUT2D eigenvalue weighted by molar-refractivity contribution is 5.93. The maximum absolute atomic E-state index is 11.9. The van der Waals surface area contributed by atoms with E-state index in [4.69, 9.17) is 5.11 Å². The standard InChI is InChI=1S/C15H22N2O3/c1-5-8-15(3,4)17-14(20)16-11-6-7-12(13(18)19)10(2)9-11/h6-7,9H,5,8H2,1-4H3,(H,18,19)(H2,16,17,20). The smallest absolute Gasteiger partial charge is 0.335 e. The highest BCUT2D eigenvalue weighted by atomic mass is 16.4. The number of aromatic carboxylic acids is 1. The molecule has 0 bridgehead atoms. The molecule has 0 aliphatic carbocycles. The van der Waals surface area contributed by atoms with Crippen molar-refractivity contribution in [2.45, 2.75) is 46.1 Å². The van der Waals surface area contributed by atoms with Gasteiger partial charge in [-0.1, -0.05) is 13.3 Å². The van der Waals surface area contributed by atoms with Crippen molar-refractivity contribution in [3.8, 4) is 0 Å². The van der Waals surface area contributed by atoms with E-state index in [2.05, 4.69) is 17.6 Å². The Morgan fingerprint density at radius 3 is 2.45 bits per heavy atom. The lowest BCUT2D eigenvalue weighted by molar-refractivity contribution is 0.0696. The molecule has 0 atom stereocenters. The van der Waals surface area contributed by atoms with Crippen molar-refractivity contribution in [1.82, 2.24) is 5.32 Å². The number of amides is 2. The van der Waals surface area contributed by atoms with Crippen LogP contribution in [0.2, 0.25) is 0 Å². The molecule has 0 aliphatic heterocycles. The summed E-state index contributed by atoms with van der Waals surface area (Å²) in [5.41, 5.74) is 1.16. The Kier molecular flexibility index (Phi) is 5.13. The predicted octanol–water partition coefficient (Wildman–Crippen LogP) is 3.39. The molecule has 0 spiro atoms. The lowest BCUT2D eigenvalue weighted by atomic mass is 9.99. The Balaban J connectivity index is 2.72. The summed E-state index contributed by atoms with van der Waals surface area (Å²) in [6.45, 7) is 7.70. The first kappa shape index (κ1) is 16.0. The second-order valence-electron chi connectivity index (χ2n) is 5.55. The number of benzene rings is 1. The summed E-state index contributed by atoms with van der Waals surface area (Å²) in [6, 6.07) is 4.44. The Labute approximate surface area is 119 Å². The molecule has 20 heavy (non-hydrogen) atoms. The molecule has 0 aromatic heterocycles. The third-order valence-electron chi connectivity index (χ3n) is 3.04. The number of carbonyl (C=O) groups is 2. The van der Waals surface area contributed by atoms with Gasteiger partial charge in [0.2, 0.25) is 0 Å². The van der Waals surface area contributed by atoms with E-state index in [9.17, 15) is 9.59 Å². The van der Waals surface area contributed by atoms with Gasteiger partial charge in [-0.2, -0.15) is 0 Å². The number of nitrogens with one attached hydrogen (secondary N) is 2. The van der Waals surface area contributed by atoms with E-state index < -0.39 is 5.97 Å². The van der Waals surface area contributed by atoms with Crippen LogP contribution in [0.1, 0.15) is 49.5 Å². The first-order chi connectivity index (χ1) is 9.25. The minimum atomic E-state index is -0.970. The summed E-state index contributed by atoms with van der Waals surface area (Å²) in [5.74, 6) is -0.970. The van der Waals surface area contributed by atoms with Gasteiger partial charge in [0, 0.05) is 11.2 Å². The fourth-order valence-corrected chi connectivity index (χ4v) is 2.14. The number of aryl methyl sites for hydroxylation is 1. The Bertz CT molecular complexity index is 510. The molecule has 0 unspecified atom stereocenters. The Morgan fingerprint density at radius 2 is 1.95 bits per heavy atom. The largest absolute Gasteiger partial charge is 0.478 e. The lowest BCUT2D eigenvalue weighted by Gasteiger charge is -2.25. The van der Waals surface area contributed by atoms with E-state index >= 15 is 0 Å². The summed E-state index contributed by atoms with van der Waals surface area (Å²) in [4.78, 5) is 22.8. The summed E-state index contributed by atoms with van der Waals surface area (Å²) in [7, 11) is 0. The van der Waals surface area contributed by atoms with Crippen LogP contribution in [0.15, 0.2) is 18.2 Å². The van der Waals surface area contributed by atoms with Gasteiger partial charge in [0.1, 0.15) is 0 Å². The van der Waals surface area contributed by atoms with Gasteiger partial charge in [-0.3, -0.25) is 0 Å². The summed E-state index contributed by atoms with van der Waals surface area (Å²) >= 11 is 0. The first-order valence-corrected chi connectivity index (χ1v) is 6.68. The van der Waals surface area contributed by atoms with Crippen molar-refractivity contribution in [1.29, 1.82) is 0 Å². The molecule has 0 saturated carbocycles. The Morgan fingerprint density at radius 1 is 1.30 bits per heavy atom. The number of carbonyl (C=O) groups excluding carboxylic acids is 1. The molecule has 1 aromatic carbocycles. The van der Waals surface area contributed by atoms with Crippen LogP contribution in [0.4, 0.5) is 10.5 Å². The van der Waals surface area contributed by atoms with E-state index in [-0.39, 0.29) is 17.1 Å². The minimum absolute atomic E-state index is 0.238. The van der Waals surface area contributed by atoms with Crippen LogP contribution in [-0.4, -0.2) is 22.6 Å². The van der Waals surface area contributed by atoms with Gasteiger partial charge in [0.05, 0.1) is 5.56 Å². The van der Waals surface area contributed by atoms with Crippen LogP contribution < -0.4 is 10.6 Å². The summed E-state index contributed by atoms with van der Waals surface area (Å²) in [5, 5.41) is 14.6. The SMILES string of the molecule is CCCC(C)(C)NC(=O)Nc1ccc(C(=O)O)c(C)c1. The molecule has 110 valence electrons. The zero-order valence-corrected chi connectivity index (χ0v) is 12.4. The van der Waals surface area contributed by atoms with Crippen LogP contribution in [0, 0.1) is 6.92 Å². The predicted molar refractivity (Wildman–Crippen MR) is 79.3 cm³/mol. The van der Waals surface area contributed by atoms with Crippen LogP contribution >= 0.6 is 0 Å². The van der Waals surface area contributed by atoms with Crippen molar-refractivity contribution < 1.29 is 14.7 Å². The molecule has 1 aromatic rings. The van der Waals surface area contributed by atoms with Crippen LogP contribution in [0.5, 0.6) is 0 Å². The topological polar surface area (TPSA) is 78.4 Å². The van der Waals surface area contributed by atoms with E-state index in [0.29, 0.717) is 11.3 Å². The van der Waals surface area contributed by atoms with Crippen molar-refractivity contribution in [3.63, 3.8) is 0 Å². The van der Waals surface area contributed by atoms with Crippen LogP contribution in [0.25, 0.3) is 0 Å². The van der Waals surface area contributed by atoms with Gasteiger partial charge in [-0.25, -0.2) is 9.59 Å². The van der Waals surface area contributed by atoms with E-state index in [1.54, 1.807) is 19.1 Å². The third-order valence-corrected chi connectivity index (χ3v) is 3.04. The van der Waals surface area contributed by atoms with E-state index in [0.717, 1.165) is 12.8 Å². The normalized spacial score (nSPS) is 11.0. The number of carboxylic acids is 1. The van der Waals surface area contributed by atoms with Gasteiger partial charge in [-0.05, 0) is 51.0 Å². The maximum atomic E-state index is 11.9. The van der Waals surface area contributed by atoms with Gasteiger partial charge < -0.3 is 15.7 Å². The van der Waals surface area contributed by atoms with Crippen molar-refractivity contribution in [2.75, 3.05) is 5.32 Å². The highest BCUT2D eigenvalue weighted by Crippen LogP contribution is 2.16. The number of urea groups is 1. The second-order valence-corrected chi connectivity index (χ2v) is 5.55. The third kappa shape index (κ3) is 4.57. The van der Waals surface area contributed by atoms with Gasteiger partial charge in [0.25, 0.3) is 0 Å². The number of hydrogen-bond donors (Lipinski definition) is 3. The zero-order valence-electron chi connectivity index (χ0n) is 12.4. The number of anilines is 1. The van der Waals surface area contributed by atoms with Gasteiger partial charge in [0.15, 0.2) is 0 Å².